The van der Waals surface area contributed by atoms with Gasteiger partial charge in [-0.15, -0.1) is 0 Å². The minimum Gasteiger partial charge on any atom is -0.348 e. The fourth-order valence-corrected chi connectivity index (χ4v) is 2.80. The Bertz CT molecular complexity index is 987. The number of benzene rings is 2. The van der Waals surface area contributed by atoms with Crippen LogP contribution in [0.1, 0.15) is 11.1 Å². The quantitative estimate of drug-likeness (QED) is 0.636. The molecule has 0 saturated heterocycles. The number of carbonyl (C=O) groups is 1. The van der Waals surface area contributed by atoms with E-state index in [1.807, 2.05) is 42.6 Å². The van der Waals surface area contributed by atoms with Crippen molar-refractivity contribution in [1.82, 2.24) is 4.57 Å². The molecule has 0 atom stereocenters. The molecular weight excluding hydrogens is 339 g/mol. The average Bonchev–Trinajstić information content (AvgIpc) is 2.90. The van der Waals surface area contributed by atoms with E-state index in [1.54, 1.807) is 17.7 Å². The summed E-state index contributed by atoms with van der Waals surface area (Å²) in [6.07, 6.45) is 6.83. The first-order valence-electron chi connectivity index (χ1n) is 7.63. The van der Waals surface area contributed by atoms with Gasteiger partial charge in [0.25, 0.3) is 0 Å². The van der Waals surface area contributed by atoms with Crippen molar-refractivity contribution in [2.75, 3.05) is 5.32 Å². The molecule has 1 amide bonds. The molecule has 0 aliphatic rings. The number of halogens is 2. The van der Waals surface area contributed by atoms with Gasteiger partial charge in [0.1, 0.15) is 5.82 Å². The predicted octanol–water partition coefficient (Wildman–Crippen LogP) is 5.27. The molecule has 0 unspecified atom stereocenters. The summed E-state index contributed by atoms with van der Waals surface area (Å²) in [7, 11) is 1.78. The molecule has 3 rings (SSSR count). The van der Waals surface area contributed by atoms with E-state index in [9.17, 15) is 9.18 Å². The van der Waals surface area contributed by atoms with Crippen LogP contribution in [0.4, 0.5) is 10.1 Å². The first kappa shape index (κ1) is 17.0. The molecule has 0 spiro atoms. The largest absolute Gasteiger partial charge is 0.348 e. The zero-order valence-electron chi connectivity index (χ0n) is 13.6. The van der Waals surface area contributed by atoms with Crippen molar-refractivity contribution in [3.63, 3.8) is 0 Å². The van der Waals surface area contributed by atoms with Crippen LogP contribution in [0, 0.1) is 5.82 Å². The van der Waals surface area contributed by atoms with Crippen LogP contribution in [-0.4, -0.2) is 10.5 Å². The second kappa shape index (κ2) is 6.95. The molecule has 5 heteroatoms. The van der Waals surface area contributed by atoms with Gasteiger partial charge in [-0.1, -0.05) is 42.5 Å². The Hall–Kier alpha value is -2.85. The van der Waals surface area contributed by atoms with Gasteiger partial charge in [-0.05, 0) is 35.9 Å². The third-order valence-corrected chi connectivity index (χ3v) is 4.09. The fraction of sp³-hybridized carbons (Fsp3) is 0.0500. The Morgan fingerprint density at radius 1 is 1.24 bits per heavy atom. The van der Waals surface area contributed by atoms with E-state index >= 15 is 0 Å². The van der Waals surface area contributed by atoms with Crippen LogP contribution >= 0.6 is 11.6 Å². The molecule has 0 aliphatic carbocycles. The summed E-state index contributed by atoms with van der Waals surface area (Å²) >= 11 is 5.89. The second-order valence-electron chi connectivity index (χ2n) is 5.63. The molecule has 1 aromatic heterocycles. The number of rotatable bonds is 4. The number of hydrogen-bond acceptors (Lipinski definition) is 1. The molecule has 0 saturated carbocycles. The highest BCUT2D eigenvalue weighted by atomic mass is 35.5. The van der Waals surface area contributed by atoms with Gasteiger partial charge in [-0.2, -0.15) is 0 Å². The zero-order chi connectivity index (χ0) is 18.0. The highest BCUT2D eigenvalue weighted by Gasteiger charge is 2.12. The minimum atomic E-state index is -0.398. The van der Waals surface area contributed by atoms with Crippen molar-refractivity contribution in [2.45, 2.75) is 0 Å². The Morgan fingerprint density at radius 3 is 2.64 bits per heavy atom. The Labute approximate surface area is 150 Å². The number of nitrogens with zero attached hydrogens (tertiary/aromatic N) is 1. The lowest BCUT2D eigenvalue weighted by atomic mass is 10.1. The summed E-state index contributed by atoms with van der Waals surface area (Å²) in [5.74, 6) is -0.779. The molecule has 126 valence electrons. The molecule has 25 heavy (non-hydrogen) atoms. The number of fused-ring (bicyclic) bond motifs is 1. The Morgan fingerprint density at radius 2 is 1.96 bits per heavy atom. The number of aromatic nitrogens is 1. The maximum atomic E-state index is 14.4. The molecule has 3 nitrogen and oxygen atoms in total. The van der Waals surface area contributed by atoms with E-state index < -0.39 is 5.82 Å². The zero-order valence-corrected chi connectivity index (χ0v) is 14.3. The summed E-state index contributed by atoms with van der Waals surface area (Å²) < 4.78 is 16.2. The van der Waals surface area contributed by atoms with Crippen molar-refractivity contribution in [2.24, 2.45) is 7.05 Å². The summed E-state index contributed by atoms with van der Waals surface area (Å²) in [6.45, 7) is 3.40. The number of nitrogens with one attached hydrogen (secondary N) is 1. The van der Waals surface area contributed by atoms with Gasteiger partial charge in [0.2, 0.25) is 5.91 Å². The van der Waals surface area contributed by atoms with Crippen molar-refractivity contribution >= 4 is 46.3 Å². The Kier molecular flexibility index (Phi) is 4.72. The van der Waals surface area contributed by atoms with Crippen LogP contribution in [-0.2, 0) is 11.8 Å². The third-order valence-electron chi connectivity index (χ3n) is 3.84. The van der Waals surface area contributed by atoms with Crippen LogP contribution in [0.15, 0.2) is 55.3 Å². The normalized spacial score (nSPS) is 11.2. The summed E-state index contributed by atoms with van der Waals surface area (Å²) in [4.78, 5) is 11.5. The highest BCUT2D eigenvalue weighted by Crippen LogP contribution is 2.28. The summed E-state index contributed by atoms with van der Waals surface area (Å²) in [6, 6.07) is 10.5. The van der Waals surface area contributed by atoms with Gasteiger partial charge in [0.05, 0.1) is 5.52 Å². The standard InChI is InChI=1S/C20H16ClFN2O/c1-3-19(25)23-16-10-17-14(12-24(2)20(17)18(22)11-16)7-4-13-5-8-15(21)9-6-13/h3-12H,1H2,2H3,(H,23,25). The maximum absolute atomic E-state index is 14.4. The lowest BCUT2D eigenvalue weighted by Gasteiger charge is -2.05. The number of hydrogen-bond donors (Lipinski definition) is 1. The van der Waals surface area contributed by atoms with Gasteiger partial charge >= 0.3 is 0 Å². The van der Waals surface area contributed by atoms with E-state index in [1.165, 1.54) is 6.07 Å². The van der Waals surface area contributed by atoms with Crippen molar-refractivity contribution in [1.29, 1.82) is 0 Å². The SMILES string of the molecule is C=CC(=O)Nc1cc(F)c2c(c1)c(C=Cc1ccc(Cl)cc1)cn2C. The number of carbonyl (C=O) groups excluding carboxylic acids is 1. The van der Waals surface area contributed by atoms with Crippen LogP contribution in [0.25, 0.3) is 23.1 Å². The van der Waals surface area contributed by atoms with Crippen LogP contribution in [0.5, 0.6) is 0 Å². The van der Waals surface area contributed by atoms with E-state index in [-0.39, 0.29) is 5.91 Å². The average molecular weight is 355 g/mol. The smallest absolute Gasteiger partial charge is 0.247 e. The molecule has 0 fully saturated rings. The molecular formula is C20H16ClFN2O. The summed E-state index contributed by atoms with van der Waals surface area (Å²) in [5, 5.41) is 3.98. The Balaban J connectivity index is 2.04. The van der Waals surface area contributed by atoms with Crippen molar-refractivity contribution in [3.8, 4) is 0 Å². The van der Waals surface area contributed by atoms with E-state index in [0.717, 1.165) is 17.2 Å². The van der Waals surface area contributed by atoms with E-state index in [4.69, 9.17) is 11.6 Å². The predicted molar refractivity (Wildman–Crippen MR) is 102 cm³/mol. The third kappa shape index (κ3) is 3.64. The van der Waals surface area contributed by atoms with Gasteiger partial charge < -0.3 is 9.88 Å². The summed E-state index contributed by atoms with van der Waals surface area (Å²) in [5.41, 5.74) is 2.70. The fourth-order valence-electron chi connectivity index (χ4n) is 2.68. The maximum Gasteiger partial charge on any atom is 0.247 e. The van der Waals surface area contributed by atoms with Crippen LogP contribution in [0.3, 0.4) is 0 Å². The molecule has 0 bridgehead atoms. The number of aryl methyl sites for hydroxylation is 1. The lowest BCUT2D eigenvalue weighted by Crippen LogP contribution is -2.07. The van der Waals surface area contributed by atoms with Crippen LogP contribution < -0.4 is 5.32 Å². The topological polar surface area (TPSA) is 34.0 Å². The van der Waals surface area contributed by atoms with E-state index in [2.05, 4.69) is 11.9 Å². The van der Waals surface area contributed by atoms with Crippen LogP contribution in [0.2, 0.25) is 5.02 Å². The van der Waals surface area contributed by atoms with Gasteiger partial charge in [-0.3, -0.25) is 4.79 Å². The number of anilines is 1. The van der Waals surface area contributed by atoms with Gasteiger partial charge in [0, 0.05) is 34.9 Å². The monoisotopic (exact) mass is 354 g/mol. The number of amides is 1. The molecule has 1 N–H and O–H groups in total. The molecule has 0 radical (unpaired) electrons. The lowest BCUT2D eigenvalue weighted by molar-refractivity contribution is -0.111. The van der Waals surface area contributed by atoms with Gasteiger partial charge in [-0.25, -0.2) is 4.39 Å². The molecule has 1 heterocycles. The molecule has 2 aromatic carbocycles. The first-order valence-corrected chi connectivity index (χ1v) is 8.01. The minimum absolute atomic E-state index is 0.382. The molecule has 3 aromatic rings. The van der Waals surface area contributed by atoms with Gasteiger partial charge in [0.15, 0.2) is 0 Å². The molecule has 0 aliphatic heterocycles. The first-order chi connectivity index (χ1) is 12.0. The van der Waals surface area contributed by atoms with Crippen molar-refractivity contribution < 1.29 is 9.18 Å². The van der Waals surface area contributed by atoms with E-state index in [0.29, 0.717) is 21.6 Å². The highest BCUT2D eigenvalue weighted by molar-refractivity contribution is 6.30. The van der Waals surface area contributed by atoms with Crippen molar-refractivity contribution in [3.05, 3.63) is 77.2 Å². The second-order valence-corrected chi connectivity index (χ2v) is 6.06.